The number of carbonyl (C=O) groups is 5. The second-order valence-electron chi connectivity index (χ2n) is 7.88. The summed E-state index contributed by atoms with van der Waals surface area (Å²) in [4.78, 5) is 58.2. The molecule has 0 spiro atoms. The molecule has 0 fully saturated rings. The fourth-order valence-electron chi connectivity index (χ4n) is 2.39. The molecule has 0 atom stereocenters. The predicted molar refractivity (Wildman–Crippen MR) is 118 cm³/mol. The SMILES string of the molecule is CC(C)NCCC(=O)NCCC(=O)NCCC(=O)NCCC(=O)NCCC(=O)C(C)C. The average Bonchev–Trinajstić information content (AvgIpc) is 2.67. The van der Waals surface area contributed by atoms with Crippen LogP contribution in [0.25, 0.3) is 0 Å². The molecule has 0 bridgehead atoms. The molecule has 0 aliphatic rings. The van der Waals surface area contributed by atoms with Crippen LogP contribution in [0.15, 0.2) is 0 Å². The van der Waals surface area contributed by atoms with Gasteiger partial charge in [0.25, 0.3) is 0 Å². The highest BCUT2D eigenvalue weighted by Gasteiger charge is 2.09. The molecule has 0 saturated heterocycles. The van der Waals surface area contributed by atoms with E-state index in [2.05, 4.69) is 26.6 Å². The molecule has 0 unspecified atom stereocenters. The Balaban J connectivity index is 3.67. The van der Waals surface area contributed by atoms with Crippen LogP contribution in [0.5, 0.6) is 0 Å². The highest BCUT2D eigenvalue weighted by atomic mass is 16.2. The van der Waals surface area contributed by atoms with E-state index in [1.54, 1.807) is 0 Å². The Hall–Kier alpha value is -2.49. The molecule has 0 radical (unpaired) electrons. The molecule has 0 saturated carbocycles. The van der Waals surface area contributed by atoms with Crippen LogP contribution in [0.3, 0.4) is 0 Å². The van der Waals surface area contributed by atoms with Crippen molar-refractivity contribution in [2.45, 2.75) is 65.8 Å². The van der Waals surface area contributed by atoms with Crippen LogP contribution in [0.1, 0.15) is 59.8 Å². The van der Waals surface area contributed by atoms with Crippen molar-refractivity contribution >= 4 is 29.4 Å². The van der Waals surface area contributed by atoms with Crippen LogP contribution in [0.4, 0.5) is 0 Å². The van der Waals surface area contributed by atoms with Gasteiger partial charge in [-0.1, -0.05) is 27.7 Å². The number of rotatable bonds is 17. The molecule has 0 aromatic heterocycles. The molecular weight excluding hydrogens is 402 g/mol. The number of nitrogens with one attached hydrogen (secondary N) is 5. The summed E-state index contributed by atoms with van der Waals surface area (Å²) < 4.78 is 0. The smallest absolute Gasteiger partial charge is 0.221 e. The van der Waals surface area contributed by atoms with E-state index in [1.807, 2.05) is 27.7 Å². The summed E-state index contributed by atoms with van der Waals surface area (Å²) >= 11 is 0. The van der Waals surface area contributed by atoms with Crippen molar-refractivity contribution in [2.75, 3.05) is 32.7 Å². The van der Waals surface area contributed by atoms with Crippen LogP contribution in [-0.2, 0) is 24.0 Å². The lowest BCUT2D eigenvalue weighted by Gasteiger charge is -2.09. The third-order valence-corrected chi connectivity index (χ3v) is 4.26. The first-order valence-corrected chi connectivity index (χ1v) is 10.9. The van der Waals surface area contributed by atoms with Gasteiger partial charge in [-0.05, 0) is 0 Å². The Bertz CT molecular complexity index is 593. The van der Waals surface area contributed by atoms with E-state index >= 15 is 0 Å². The van der Waals surface area contributed by atoms with Gasteiger partial charge in [-0.15, -0.1) is 0 Å². The maximum absolute atomic E-state index is 11.7. The van der Waals surface area contributed by atoms with Gasteiger partial charge in [0.1, 0.15) is 5.78 Å². The van der Waals surface area contributed by atoms with Gasteiger partial charge in [-0.2, -0.15) is 0 Å². The van der Waals surface area contributed by atoms with Gasteiger partial charge < -0.3 is 26.6 Å². The summed E-state index contributed by atoms with van der Waals surface area (Å²) in [5, 5.41) is 13.7. The first-order valence-electron chi connectivity index (χ1n) is 10.9. The minimum absolute atomic E-state index is 0.0486. The summed E-state index contributed by atoms with van der Waals surface area (Å²) in [6, 6.07) is 0.319. The molecule has 31 heavy (non-hydrogen) atoms. The molecule has 0 heterocycles. The number of amides is 4. The molecule has 10 heteroatoms. The lowest BCUT2D eigenvalue weighted by Crippen LogP contribution is -2.35. The fraction of sp³-hybridized carbons (Fsp3) is 0.762. The number of hydrogen-bond donors (Lipinski definition) is 5. The molecule has 0 aromatic rings. The summed E-state index contributed by atoms with van der Waals surface area (Å²) in [5.41, 5.74) is 0. The van der Waals surface area contributed by atoms with Gasteiger partial charge in [0.15, 0.2) is 0 Å². The van der Waals surface area contributed by atoms with Crippen LogP contribution < -0.4 is 26.6 Å². The van der Waals surface area contributed by atoms with E-state index < -0.39 is 0 Å². The van der Waals surface area contributed by atoms with Crippen LogP contribution in [0, 0.1) is 5.92 Å². The lowest BCUT2D eigenvalue weighted by atomic mass is 10.1. The molecular formula is C21H39N5O5. The molecule has 10 nitrogen and oxygen atoms in total. The summed E-state index contributed by atoms with van der Waals surface area (Å²) in [6.07, 6.45) is 1.02. The number of carbonyl (C=O) groups excluding carboxylic acids is 5. The van der Waals surface area contributed by atoms with Crippen LogP contribution in [-0.4, -0.2) is 68.2 Å². The first kappa shape index (κ1) is 28.5. The molecule has 5 N–H and O–H groups in total. The summed E-state index contributed by atoms with van der Waals surface area (Å²) in [5.74, 6) is -0.814. The van der Waals surface area contributed by atoms with E-state index in [0.717, 1.165) is 0 Å². The summed E-state index contributed by atoms with van der Waals surface area (Å²) in [7, 11) is 0. The van der Waals surface area contributed by atoms with Gasteiger partial charge in [0, 0.05) is 76.8 Å². The Morgan fingerprint density at radius 3 is 1.16 bits per heavy atom. The fourth-order valence-corrected chi connectivity index (χ4v) is 2.39. The average molecular weight is 442 g/mol. The van der Waals surface area contributed by atoms with Crippen molar-refractivity contribution in [1.29, 1.82) is 0 Å². The van der Waals surface area contributed by atoms with Crippen molar-refractivity contribution in [2.24, 2.45) is 5.92 Å². The molecule has 0 aliphatic heterocycles. The van der Waals surface area contributed by atoms with Crippen molar-refractivity contribution in [3.05, 3.63) is 0 Å². The third kappa shape index (κ3) is 18.0. The van der Waals surface area contributed by atoms with Crippen LogP contribution >= 0.6 is 0 Å². The molecule has 178 valence electrons. The minimum Gasteiger partial charge on any atom is -0.356 e. The molecule has 0 aliphatic carbocycles. The zero-order valence-corrected chi connectivity index (χ0v) is 19.3. The van der Waals surface area contributed by atoms with Gasteiger partial charge in [-0.25, -0.2) is 0 Å². The minimum atomic E-state index is -0.269. The number of hydrogen-bond acceptors (Lipinski definition) is 6. The predicted octanol–water partition coefficient (Wildman–Crippen LogP) is -0.375. The topological polar surface area (TPSA) is 146 Å². The van der Waals surface area contributed by atoms with Crippen molar-refractivity contribution < 1.29 is 24.0 Å². The van der Waals surface area contributed by atoms with E-state index in [4.69, 9.17) is 0 Å². The molecule has 4 amide bonds. The number of ketones is 1. The second kappa shape index (κ2) is 17.2. The van der Waals surface area contributed by atoms with Gasteiger partial charge in [0.05, 0.1) is 0 Å². The lowest BCUT2D eigenvalue weighted by molar-refractivity contribution is -0.124. The van der Waals surface area contributed by atoms with E-state index in [9.17, 15) is 24.0 Å². The highest BCUT2D eigenvalue weighted by molar-refractivity contribution is 5.82. The van der Waals surface area contributed by atoms with Crippen molar-refractivity contribution in [1.82, 2.24) is 26.6 Å². The Kier molecular flexibility index (Phi) is 15.8. The number of Topliss-reactive ketones (excluding diaryl/α,β-unsaturated/α-hetero) is 1. The van der Waals surface area contributed by atoms with E-state index in [1.165, 1.54) is 0 Å². The zero-order chi connectivity index (χ0) is 23.6. The van der Waals surface area contributed by atoms with E-state index in [0.29, 0.717) is 32.0 Å². The Labute approximate surface area is 185 Å². The van der Waals surface area contributed by atoms with Gasteiger partial charge in [0.2, 0.25) is 23.6 Å². The Morgan fingerprint density at radius 2 is 0.839 bits per heavy atom. The quantitative estimate of drug-likeness (QED) is 0.208. The second-order valence-corrected chi connectivity index (χ2v) is 7.88. The van der Waals surface area contributed by atoms with E-state index in [-0.39, 0.29) is 74.2 Å². The Morgan fingerprint density at radius 1 is 0.516 bits per heavy atom. The maximum Gasteiger partial charge on any atom is 0.221 e. The standard InChI is InChI=1S/C21H39N5O5/c1-15(2)17(27)5-10-23-19(29)7-12-25-21(31)9-14-26-20(30)8-13-24-18(28)6-11-22-16(3)4/h15-16,22H,5-14H2,1-4H3,(H,23,29)(H,24,28)(H,25,31)(H,26,30). The molecule has 0 aromatic carbocycles. The summed E-state index contributed by atoms with van der Waals surface area (Å²) in [6.45, 7) is 9.13. The van der Waals surface area contributed by atoms with Gasteiger partial charge >= 0.3 is 0 Å². The normalized spacial score (nSPS) is 10.6. The first-order chi connectivity index (χ1) is 14.6. The maximum atomic E-state index is 11.7. The zero-order valence-electron chi connectivity index (χ0n) is 19.3. The van der Waals surface area contributed by atoms with Crippen molar-refractivity contribution in [3.8, 4) is 0 Å². The van der Waals surface area contributed by atoms with Crippen molar-refractivity contribution in [3.63, 3.8) is 0 Å². The highest BCUT2D eigenvalue weighted by Crippen LogP contribution is 1.97. The molecule has 0 rings (SSSR count). The van der Waals surface area contributed by atoms with Crippen LogP contribution in [0.2, 0.25) is 0 Å². The van der Waals surface area contributed by atoms with Gasteiger partial charge in [-0.3, -0.25) is 24.0 Å². The third-order valence-electron chi connectivity index (χ3n) is 4.26. The monoisotopic (exact) mass is 441 g/mol. The largest absolute Gasteiger partial charge is 0.356 e.